The van der Waals surface area contributed by atoms with E-state index in [1.54, 1.807) is 6.20 Å². The van der Waals surface area contributed by atoms with Gasteiger partial charge in [-0.15, -0.1) is 0 Å². The van der Waals surface area contributed by atoms with Crippen LogP contribution in [0.25, 0.3) is 11.2 Å². The monoisotopic (exact) mass is 255 g/mol. The normalized spacial score (nSPS) is 12.7. The molecule has 0 aliphatic carbocycles. The van der Waals surface area contributed by atoms with Crippen LogP contribution in [0.5, 0.6) is 0 Å². The zero-order chi connectivity index (χ0) is 12.5. The molecule has 1 unspecified atom stereocenters. The van der Waals surface area contributed by atoms with Gasteiger partial charge in [-0.2, -0.15) is 0 Å². The highest BCUT2D eigenvalue weighted by Crippen LogP contribution is 2.22. The average Bonchev–Trinajstić information content (AvgIpc) is 2.75. The van der Waals surface area contributed by atoms with Gasteiger partial charge in [0.25, 0.3) is 0 Å². The highest BCUT2D eigenvalue weighted by Gasteiger charge is 2.13. The van der Waals surface area contributed by atoms with Gasteiger partial charge in [0.05, 0.1) is 11.6 Å². The molecular weight excluding hydrogens is 242 g/mol. The van der Waals surface area contributed by atoms with E-state index in [1.165, 1.54) is 5.56 Å². The Bertz CT molecular complexity index is 727. The fraction of sp³-hybridized carbons (Fsp3) is 0.143. The summed E-state index contributed by atoms with van der Waals surface area (Å²) in [6.45, 7) is 2.13. The molecule has 18 heavy (non-hydrogen) atoms. The van der Waals surface area contributed by atoms with Crippen molar-refractivity contribution >= 4 is 23.4 Å². The molecule has 0 fully saturated rings. The Balaban J connectivity index is 2.20. The summed E-state index contributed by atoms with van der Waals surface area (Å²) in [5.74, 6) is 0. The molecule has 0 spiro atoms. The van der Waals surface area contributed by atoms with Gasteiger partial charge in [-0.1, -0.05) is 30.3 Å². The molecule has 1 N–H and O–H groups in total. The lowest BCUT2D eigenvalue weighted by Gasteiger charge is -2.14. The van der Waals surface area contributed by atoms with Crippen LogP contribution in [0.1, 0.15) is 18.5 Å². The number of nitrogens with one attached hydrogen (secondary N) is 1. The Hall–Kier alpha value is -1.94. The maximum Gasteiger partial charge on any atom is 0.179 e. The Morgan fingerprint density at radius 2 is 1.94 bits per heavy atom. The third kappa shape index (κ3) is 1.75. The SMILES string of the molecule is CC(c1ccccc1)n1c(=S)[nH]c2cccnc21. The summed E-state index contributed by atoms with van der Waals surface area (Å²) < 4.78 is 2.76. The number of fused-ring (bicyclic) bond motifs is 1. The van der Waals surface area contributed by atoms with Crippen LogP contribution in [-0.4, -0.2) is 14.5 Å². The Morgan fingerprint density at radius 3 is 2.72 bits per heavy atom. The van der Waals surface area contributed by atoms with Crippen LogP contribution in [0.4, 0.5) is 0 Å². The highest BCUT2D eigenvalue weighted by atomic mass is 32.1. The second-order valence-electron chi connectivity index (χ2n) is 4.26. The number of aromatic nitrogens is 3. The van der Waals surface area contributed by atoms with Crippen molar-refractivity contribution in [3.05, 3.63) is 59.0 Å². The summed E-state index contributed by atoms with van der Waals surface area (Å²) in [7, 11) is 0. The van der Waals surface area contributed by atoms with Crippen molar-refractivity contribution in [3.8, 4) is 0 Å². The van der Waals surface area contributed by atoms with Gasteiger partial charge in [-0.3, -0.25) is 4.57 Å². The molecule has 0 amide bonds. The second kappa shape index (κ2) is 4.38. The summed E-state index contributed by atoms with van der Waals surface area (Å²) in [6, 6.07) is 14.4. The lowest BCUT2D eigenvalue weighted by atomic mass is 10.1. The minimum atomic E-state index is 0.169. The number of H-pyrrole nitrogens is 1. The van der Waals surface area contributed by atoms with Gasteiger partial charge in [-0.25, -0.2) is 4.98 Å². The van der Waals surface area contributed by atoms with E-state index in [9.17, 15) is 0 Å². The highest BCUT2D eigenvalue weighted by molar-refractivity contribution is 7.71. The number of hydrogen-bond donors (Lipinski definition) is 1. The Labute approximate surface area is 110 Å². The van der Waals surface area contributed by atoms with Gasteiger partial charge in [-0.05, 0) is 36.8 Å². The first-order valence-corrected chi connectivity index (χ1v) is 6.28. The minimum absolute atomic E-state index is 0.169. The lowest BCUT2D eigenvalue weighted by Crippen LogP contribution is -2.07. The van der Waals surface area contributed by atoms with Crippen molar-refractivity contribution in [3.63, 3.8) is 0 Å². The van der Waals surface area contributed by atoms with E-state index in [0.717, 1.165) is 11.2 Å². The van der Waals surface area contributed by atoms with E-state index in [4.69, 9.17) is 12.2 Å². The molecule has 3 rings (SSSR count). The number of rotatable bonds is 2. The number of hydrogen-bond acceptors (Lipinski definition) is 2. The van der Waals surface area contributed by atoms with E-state index in [1.807, 2.05) is 30.3 Å². The van der Waals surface area contributed by atoms with Crippen LogP contribution in [0.2, 0.25) is 0 Å². The first-order chi connectivity index (χ1) is 8.77. The summed E-state index contributed by atoms with van der Waals surface area (Å²) in [5, 5.41) is 0. The quantitative estimate of drug-likeness (QED) is 0.708. The van der Waals surface area contributed by atoms with Crippen LogP contribution in [0.15, 0.2) is 48.7 Å². The molecule has 2 heterocycles. The molecule has 0 bridgehead atoms. The first-order valence-electron chi connectivity index (χ1n) is 5.87. The number of nitrogens with zero attached hydrogens (tertiary/aromatic N) is 2. The molecule has 0 aliphatic heterocycles. The summed E-state index contributed by atoms with van der Waals surface area (Å²) >= 11 is 5.40. The number of aromatic amines is 1. The largest absolute Gasteiger partial charge is 0.329 e. The smallest absolute Gasteiger partial charge is 0.179 e. The maximum atomic E-state index is 5.40. The molecule has 3 nitrogen and oxygen atoms in total. The van der Waals surface area contributed by atoms with Gasteiger partial charge in [0.15, 0.2) is 10.4 Å². The second-order valence-corrected chi connectivity index (χ2v) is 4.65. The van der Waals surface area contributed by atoms with Gasteiger partial charge < -0.3 is 4.98 Å². The molecule has 0 saturated heterocycles. The number of imidazole rings is 1. The van der Waals surface area contributed by atoms with E-state index < -0.39 is 0 Å². The van der Waals surface area contributed by atoms with Crippen molar-refractivity contribution in [2.75, 3.05) is 0 Å². The van der Waals surface area contributed by atoms with Gasteiger partial charge in [0.2, 0.25) is 0 Å². The summed E-state index contributed by atoms with van der Waals surface area (Å²) in [4.78, 5) is 7.61. The van der Waals surface area contributed by atoms with Crippen molar-refractivity contribution < 1.29 is 0 Å². The van der Waals surface area contributed by atoms with Crippen LogP contribution in [0, 0.1) is 4.77 Å². The molecule has 3 aromatic rings. The molecule has 2 aromatic heterocycles. The van der Waals surface area contributed by atoms with Crippen molar-refractivity contribution in [2.45, 2.75) is 13.0 Å². The third-order valence-electron chi connectivity index (χ3n) is 3.14. The van der Waals surface area contributed by atoms with Crippen molar-refractivity contribution in [1.82, 2.24) is 14.5 Å². The molecule has 0 saturated carbocycles. The maximum absolute atomic E-state index is 5.40. The standard InChI is InChI=1S/C14H13N3S/c1-10(11-6-3-2-4-7-11)17-13-12(16-14(17)18)8-5-9-15-13/h2-10H,1H3,(H,16,18). The van der Waals surface area contributed by atoms with Gasteiger partial charge >= 0.3 is 0 Å². The van der Waals surface area contributed by atoms with Crippen LogP contribution >= 0.6 is 12.2 Å². The van der Waals surface area contributed by atoms with E-state index in [-0.39, 0.29) is 6.04 Å². The topological polar surface area (TPSA) is 33.6 Å². The summed E-state index contributed by atoms with van der Waals surface area (Å²) in [5.41, 5.74) is 3.10. The molecular formula is C14H13N3S. The zero-order valence-corrected chi connectivity index (χ0v) is 10.8. The predicted molar refractivity (Wildman–Crippen MR) is 75.2 cm³/mol. The van der Waals surface area contributed by atoms with Crippen molar-refractivity contribution in [1.29, 1.82) is 0 Å². The fourth-order valence-electron chi connectivity index (χ4n) is 2.20. The number of pyridine rings is 1. The van der Waals surface area contributed by atoms with Crippen molar-refractivity contribution in [2.24, 2.45) is 0 Å². The van der Waals surface area contributed by atoms with E-state index >= 15 is 0 Å². The Kier molecular flexibility index (Phi) is 2.72. The first kappa shape index (κ1) is 11.2. The third-order valence-corrected chi connectivity index (χ3v) is 3.44. The van der Waals surface area contributed by atoms with Crippen LogP contribution in [-0.2, 0) is 0 Å². The summed E-state index contributed by atoms with van der Waals surface area (Å²) in [6.07, 6.45) is 1.79. The van der Waals surface area contributed by atoms with Crippen LogP contribution < -0.4 is 0 Å². The molecule has 4 heteroatoms. The minimum Gasteiger partial charge on any atom is -0.329 e. The molecule has 1 atom stereocenters. The number of benzene rings is 1. The average molecular weight is 255 g/mol. The Morgan fingerprint density at radius 1 is 1.17 bits per heavy atom. The predicted octanol–water partition coefficient (Wildman–Crippen LogP) is 3.70. The van der Waals surface area contributed by atoms with E-state index in [0.29, 0.717) is 4.77 Å². The van der Waals surface area contributed by atoms with Gasteiger partial charge in [0, 0.05) is 6.20 Å². The lowest BCUT2D eigenvalue weighted by molar-refractivity contribution is 0.644. The van der Waals surface area contributed by atoms with Gasteiger partial charge in [0.1, 0.15) is 0 Å². The van der Waals surface area contributed by atoms with Crippen LogP contribution in [0.3, 0.4) is 0 Å². The molecule has 0 radical (unpaired) electrons. The zero-order valence-electron chi connectivity index (χ0n) is 10.00. The molecule has 0 aliphatic rings. The van der Waals surface area contributed by atoms with E-state index in [2.05, 4.69) is 33.6 Å². The molecule has 1 aromatic carbocycles. The molecule has 90 valence electrons. The fourth-order valence-corrected chi connectivity index (χ4v) is 2.55.